The zero-order valence-corrected chi connectivity index (χ0v) is 7.37. The van der Waals surface area contributed by atoms with E-state index in [1.807, 2.05) is 0 Å². The summed E-state index contributed by atoms with van der Waals surface area (Å²) in [6.07, 6.45) is 1.57. The van der Waals surface area contributed by atoms with Crippen molar-refractivity contribution in [1.29, 1.82) is 0 Å². The van der Waals surface area contributed by atoms with Crippen LogP contribution in [0.5, 0.6) is 0 Å². The summed E-state index contributed by atoms with van der Waals surface area (Å²) in [6, 6.07) is 0. The van der Waals surface area contributed by atoms with Gasteiger partial charge < -0.3 is 6.42 Å². The molecule has 0 N–H and O–H groups in total. The molecule has 0 aromatic heterocycles. The van der Waals surface area contributed by atoms with Crippen molar-refractivity contribution in [1.82, 2.24) is 0 Å². The molecule has 0 saturated heterocycles. The minimum Gasteiger partial charge on any atom is -0.317 e. The molecule has 0 aromatic carbocycles. The van der Waals surface area contributed by atoms with E-state index in [4.69, 9.17) is 0 Å². The van der Waals surface area contributed by atoms with Gasteiger partial charge >= 0.3 is 51.4 Å². The first-order valence-electron chi connectivity index (χ1n) is 1.90. The van der Waals surface area contributed by atoms with Crippen molar-refractivity contribution in [3.05, 3.63) is 6.42 Å². The second-order valence-corrected chi connectivity index (χ2v) is 1.55. The maximum absolute atomic E-state index is 11.5. The van der Waals surface area contributed by atoms with Crippen LogP contribution in [0.1, 0.15) is 12.8 Å². The fourth-order valence-corrected chi connectivity index (χ4v) is 0.363. The SMILES string of the molecule is FC1(F)C[CH-]C1.[K+]. The molecule has 1 fully saturated rings. The van der Waals surface area contributed by atoms with Crippen LogP contribution in [0.25, 0.3) is 0 Å². The quantitative estimate of drug-likeness (QED) is 0.280. The van der Waals surface area contributed by atoms with E-state index in [0.29, 0.717) is 0 Å². The third kappa shape index (κ3) is 2.51. The third-order valence-electron chi connectivity index (χ3n) is 0.886. The van der Waals surface area contributed by atoms with Crippen molar-refractivity contribution in [2.45, 2.75) is 18.8 Å². The van der Waals surface area contributed by atoms with E-state index in [-0.39, 0.29) is 64.2 Å². The molecule has 0 radical (unpaired) electrons. The predicted octanol–water partition coefficient (Wildman–Crippen LogP) is -1.38. The van der Waals surface area contributed by atoms with E-state index in [9.17, 15) is 8.78 Å². The number of alkyl halides is 2. The Labute approximate surface area is 84.1 Å². The normalized spacial score (nSPS) is 24.9. The topological polar surface area (TPSA) is 0 Å². The molecule has 0 atom stereocenters. The van der Waals surface area contributed by atoms with E-state index in [0.717, 1.165) is 0 Å². The average molecular weight is 130 g/mol. The predicted molar refractivity (Wildman–Crippen MR) is 18.5 cm³/mol. The van der Waals surface area contributed by atoms with Gasteiger partial charge in [0.2, 0.25) is 0 Å². The summed E-state index contributed by atoms with van der Waals surface area (Å²) < 4.78 is 23.0. The minimum atomic E-state index is -2.33. The van der Waals surface area contributed by atoms with Crippen molar-refractivity contribution < 1.29 is 60.2 Å². The number of halogens is 2. The third-order valence-corrected chi connectivity index (χ3v) is 0.886. The first-order valence-corrected chi connectivity index (χ1v) is 1.90. The molecule has 0 bridgehead atoms. The van der Waals surface area contributed by atoms with Crippen molar-refractivity contribution in [3.8, 4) is 0 Å². The van der Waals surface area contributed by atoms with E-state index in [1.54, 1.807) is 6.42 Å². The van der Waals surface area contributed by atoms with Crippen LogP contribution in [0, 0.1) is 6.42 Å². The van der Waals surface area contributed by atoms with Gasteiger partial charge in [-0.3, -0.25) is 0 Å². The van der Waals surface area contributed by atoms with E-state index in [1.165, 1.54) is 0 Å². The number of hydrogen-bond donors (Lipinski definition) is 0. The molecule has 0 heterocycles. The molecule has 36 valence electrons. The summed E-state index contributed by atoms with van der Waals surface area (Å²) >= 11 is 0. The molecule has 1 aliphatic rings. The fourth-order valence-electron chi connectivity index (χ4n) is 0.363. The van der Waals surface area contributed by atoms with Crippen LogP contribution >= 0.6 is 0 Å². The van der Waals surface area contributed by atoms with Crippen LogP contribution in [0.2, 0.25) is 0 Å². The second kappa shape index (κ2) is 2.87. The summed E-state index contributed by atoms with van der Waals surface area (Å²) in [4.78, 5) is 0. The average Bonchev–Trinajstić information content (AvgIpc) is 1.32. The molecule has 0 aromatic rings. The van der Waals surface area contributed by atoms with Crippen LogP contribution in [0.4, 0.5) is 8.78 Å². The molecule has 1 saturated carbocycles. The smallest absolute Gasteiger partial charge is 0.317 e. The Balaban J connectivity index is 0.000000360. The van der Waals surface area contributed by atoms with Gasteiger partial charge in [0.25, 0.3) is 0 Å². The van der Waals surface area contributed by atoms with E-state index < -0.39 is 5.92 Å². The first-order chi connectivity index (χ1) is 2.71. The first kappa shape index (κ1) is 8.50. The summed E-state index contributed by atoms with van der Waals surface area (Å²) in [5.41, 5.74) is 0. The van der Waals surface area contributed by atoms with Crippen LogP contribution in [-0.4, -0.2) is 5.92 Å². The molecule has 1 rings (SSSR count). The Hall–Kier alpha value is 1.50. The van der Waals surface area contributed by atoms with Gasteiger partial charge in [0.15, 0.2) is 5.92 Å². The molecule has 1 aliphatic carbocycles. The van der Waals surface area contributed by atoms with Gasteiger partial charge in [-0.25, -0.2) is 8.78 Å². The summed E-state index contributed by atoms with van der Waals surface area (Å²) in [5.74, 6) is -2.33. The molecule has 0 unspecified atom stereocenters. The molecular formula is C4H5F2K. The molecule has 7 heavy (non-hydrogen) atoms. The van der Waals surface area contributed by atoms with Crippen LogP contribution < -0.4 is 51.4 Å². The van der Waals surface area contributed by atoms with Gasteiger partial charge in [0.1, 0.15) is 0 Å². The zero-order valence-electron chi connectivity index (χ0n) is 4.25. The molecule has 3 heteroatoms. The van der Waals surface area contributed by atoms with Gasteiger partial charge in [0, 0.05) is 0 Å². The van der Waals surface area contributed by atoms with Crippen molar-refractivity contribution in [3.63, 3.8) is 0 Å². The Morgan fingerprint density at radius 1 is 1.29 bits per heavy atom. The van der Waals surface area contributed by atoms with E-state index >= 15 is 0 Å². The van der Waals surface area contributed by atoms with Gasteiger partial charge in [-0.1, -0.05) is 0 Å². The Morgan fingerprint density at radius 3 is 1.57 bits per heavy atom. The Kier molecular flexibility index (Phi) is 3.49. The van der Waals surface area contributed by atoms with Gasteiger partial charge in [0.05, 0.1) is 0 Å². The molecule has 0 amide bonds. The van der Waals surface area contributed by atoms with E-state index in [2.05, 4.69) is 0 Å². The number of rotatable bonds is 0. The Morgan fingerprint density at radius 2 is 1.57 bits per heavy atom. The molecule has 0 aliphatic heterocycles. The summed E-state index contributed by atoms with van der Waals surface area (Å²) in [5, 5.41) is 0. The monoisotopic (exact) mass is 130 g/mol. The Bertz CT molecular complexity index is 56.7. The van der Waals surface area contributed by atoms with Crippen molar-refractivity contribution in [2.75, 3.05) is 0 Å². The summed E-state index contributed by atoms with van der Waals surface area (Å²) in [7, 11) is 0. The van der Waals surface area contributed by atoms with Crippen molar-refractivity contribution in [2.24, 2.45) is 0 Å². The molecular weight excluding hydrogens is 125 g/mol. The fraction of sp³-hybridized carbons (Fsp3) is 0.750. The van der Waals surface area contributed by atoms with Crippen LogP contribution in [-0.2, 0) is 0 Å². The largest absolute Gasteiger partial charge is 1.00 e. The molecule has 0 nitrogen and oxygen atoms in total. The van der Waals surface area contributed by atoms with Gasteiger partial charge in [-0.15, -0.1) is 12.8 Å². The van der Waals surface area contributed by atoms with Crippen molar-refractivity contribution >= 4 is 0 Å². The molecule has 0 spiro atoms. The maximum Gasteiger partial charge on any atom is 1.00 e. The standard InChI is InChI=1S/C4H5F2.K/c5-4(6)2-1-3-4;/h1H,2-3H2;/q-1;+1. The number of hydrogen-bond acceptors (Lipinski definition) is 0. The second-order valence-electron chi connectivity index (χ2n) is 1.55. The maximum atomic E-state index is 11.5. The van der Waals surface area contributed by atoms with Gasteiger partial charge in [-0.05, 0) is 0 Å². The minimum absolute atomic E-state index is 0. The zero-order chi connectivity index (χ0) is 4.62. The van der Waals surface area contributed by atoms with Crippen LogP contribution in [0.3, 0.4) is 0 Å². The summed E-state index contributed by atoms with van der Waals surface area (Å²) in [6.45, 7) is 0. The van der Waals surface area contributed by atoms with Gasteiger partial charge in [-0.2, -0.15) is 0 Å². The van der Waals surface area contributed by atoms with Crippen LogP contribution in [0.15, 0.2) is 0 Å².